The molecule has 4 rings (SSSR count). The van der Waals surface area contributed by atoms with E-state index in [0.29, 0.717) is 23.2 Å². The topological polar surface area (TPSA) is 18.5 Å². The van der Waals surface area contributed by atoms with Gasteiger partial charge < -0.3 is 8.85 Å². The Morgan fingerprint density at radius 2 is 1.78 bits per heavy atom. The fraction of sp³-hybridized carbons (Fsp3) is 0.784. The largest absolute Gasteiger partial charge is 0.413 e. The molecule has 1 heterocycles. The van der Waals surface area contributed by atoms with Crippen LogP contribution in [0.4, 0.5) is 0 Å². The lowest BCUT2D eigenvalue weighted by molar-refractivity contribution is 0.0975. The van der Waals surface area contributed by atoms with E-state index in [4.69, 9.17) is 8.85 Å². The van der Waals surface area contributed by atoms with Gasteiger partial charge in [0.05, 0.1) is 12.2 Å². The van der Waals surface area contributed by atoms with Crippen LogP contribution in [0.5, 0.6) is 0 Å². The molecule has 232 valence electrons. The van der Waals surface area contributed by atoms with E-state index in [1.165, 1.54) is 43.3 Å². The Kier molecular flexibility index (Phi) is 10.0. The number of hydrogen-bond donors (Lipinski definition) is 0. The molecule has 0 spiro atoms. The first-order chi connectivity index (χ1) is 18.9. The fourth-order valence-corrected chi connectivity index (χ4v) is 11.3. The molecule has 2 nitrogen and oxygen atoms in total. The van der Waals surface area contributed by atoms with E-state index >= 15 is 0 Å². The third kappa shape index (κ3) is 7.35. The molecule has 3 saturated carbocycles. The molecule has 0 bridgehead atoms. The Bertz CT molecular complexity index is 1060. The molecule has 0 radical (unpaired) electrons. The van der Waals surface area contributed by atoms with Gasteiger partial charge in [-0.05, 0) is 122 Å². The van der Waals surface area contributed by atoms with E-state index in [1.54, 1.807) is 5.57 Å². The molecule has 0 saturated heterocycles. The summed E-state index contributed by atoms with van der Waals surface area (Å²) in [4.78, 5) is 0. The summed E-state index contributed by atoms with van der Waals surface area (Å²) in [6.07, 6.45) is 22.0. The monoisotopic (exact) mass is 596 g/mol. The predicted molar refractivity (Wildman–Crippen MR) is 183 cm³/mol. The smallest absolute Gasteiger partial charge is 0.192 e. The van der Waals surface area contributed by atoms with Gasteiger partial charge in [-0.2, -0.15) is 0 Å². The van der Waals surface area contributed by atoms with Gasteiger partial charge in [0, 0.05) is 6.42 Å². The van der Waals surface area contributed by atoms with E-state index in [0.717, 1.165) is 30.7 Å². The molecule has 0 aromatic heterocycles. The van der Waals surface area contributed by atoms with Crippen molar-refractivity contribution < 1.29 is 8.85 Å². The lowest BCUT2D eigenvalue weighted by Crippen LogP contribution is -2.48. The minimum Gasteiger partial charge on any atom is -0.413 e. The highest BCUT2D eigenvalue weighted by Gasteiger charge is 2.50. The maximum absolute atomic E-state index is 7.04. The Hall–Kier alpha value is -0.686. The Morgan fingerprint density at radius 3 is 2.44 bits per heavy atom. The van der Waals surface area contributed by atoms with E-state index in [9.17, 15) is 0 Å². The summed E-state index contributed by atoms with van der Waals surface area (Å²) in [5, 5.41) is 0.223. The zero-order chi connectivity index (χ0) is 30.4. The summed E-state index contributed by atoms with van der Waals surface area (Å²) in [7, 11) is -3.49. The van der Waals surface area contributed by atoms with Crippen molar-refractivity contribution in [2.24, 2.45) is 35.0 Å². The van der Waals surface area contributed by atoms with Gasteiger partial charge in [0.15, 0.2) is 16.6 Å². The third-order valence-corrected chi connectivity index (χ3v) is 18.8. The van der Waals surface area contributed by atoms with Crippen LogP contribution in [0.15, 0.2) is 47.1 Å². The van der Waals surface area contributed by atoms with Crippen LogP contribution in [0.3, 0.4) is 0 Å². The minimum atomic E-state index is -1.85. The fourth-order valence-electron chi connectivity index (χ4n) is 8.09. The molecule has 3 aliphatic carbocycles. The van der Waals surface area contributed by atoms with E-state index in [1.807, 2.05) is 0 Å². The lowest BCUT2D eigenvalue weighted by atomic mass is 9.61. The normalized spacial score (nSPS) is 36.0. The van der Waals surface area contributed by atoms with Gasteiger partial charge in [-0.15, -0.1) is 0 Å². The van der Waals surface area contributed by atoms with Crippen LogP contribution in [0.25, 0.3) is 0 Å². The molecule has 4 aliphatic rings. The van der Waals surface area contributed by atoms with Gasteiger partial charge >= 0.3 is 0 Å². The van der Waals surface area contributed by atoms with Crippen molar-refractivity contribution in [2.45, 2.75) is 150 Å². The molecule has 0 unspecified atom stereocenters. The van der Waals surface area contributed by atoms with Gasteiger partial charge in [-0.3, -0.25) is 0 Å². The van der Waals surface area contributed by atoms with Crippen LogP contribution in [-0.2, 0) is 8.85 Å². The number of allylic oxidation sites excluding steroid dienone is 6. The highest BCUT2D eigenvalue weighted by Crippen LogP contribution is 2.59. The maximum Gasteiger partial charge on any atom is 0.192 e. The molecule has 0 amide bonds. The predicted octanol–water partition coefficient (Wildman–Crippen LogP) is 11.3. The van der Waals surface area contributed by atoms with Crippen LogP contribution in [0.1, 0.15) is 100 Å². The minimum absolute atomic E-state index is 0.215. The van der Waals surface area contributed by atoms with Crippen LogP contribution in [0, 0.1) is 35.0 Å². The average Bonchev–Trinajstić information content (AvgIpc) is 3.21. The molecular weight excluding hydrogens is 533 g/mol. The molecule has 3 fully saturated rings. The second-order valence-corrected chi connectivity index (χ2v) is 26.0. The van der Waals surface area contributed by atoms with Crippen molar-refractivity contribution in [3.05, 3.63) is 47.1 Å². The second-order valence-electron chi connectivity index (χ2n) is 17.0. The summed E-state index contributed by atoms with van der Waals surface area (Å²) >= 11 is 0. The van der Waals surface area contributed by atoms with Gasteiger partial charge in [-0.25, -0.2) is 0 Å². The number of fused-ring (bicyclic) bond motifs is 2. The summed E-state index contributed by atoms with van der Waals surface area (Å²) in [6.45, 7) is 28.8. The van der Waals surface area contributed by atoms with Gasteiger partial charge in [0.1, 0.15) is 0 Å². The summed E-state index contributed by atoms with van der Waals surface area (Å²) in [5.41, 5.74) is 5.11. The molecule has 0 aromatic carbocycles. The van der Waals surface area contributed by atoms with Crippen molar-refractivity contribution >= 4 is 16.6 Å². The number of rotatable bonds is 7. The first-order valence-electron chi connectivity index (χ1n) is 17.1. The van der Waals surface area contributed by atoms with Crippen molar-refractivity contribution in [2.75, 3.05) is 0 Å². The molecule has 0 N–H and O–H groups in total. The van der Waals surface area contributed by atoms with Crippen LogP contribution >= 0.6 is 0 Å². The van der Waals surface area contributed by atoms with Crippen LogP contribution in [0.2, 0.25) is 37.3 Å². The number of hydrogen-bond acceptors (Lipinski definition) is 2. The summed E-state index contributed by atoms with van der Waals surface area (Å²) < 4.78 is 13.9. The molecule has 4 heteroatoms. The first-order valence-corrected chi connectivity index (χ1v) is 23.1. The summed E-state index contributed by atoms with van der Waals surface area (Å²) in [5.74, 6) is 3.56. The van der Waals surface area contributed by atoms with E-state index in [2.05, 4.69) is 112 Å². The molecule has 0 aromatic rings. The second kappa shape index (κ2) is 12.4. The third-order valence-electron chi connectivity index (χ3n) is 12.1. The quantitative estimate of drug-likeness (QED) is 0.215. The molecule has 1 aliphatic heterocycles. The Labute approximate surface area is 256 Å². The molecule has 41 heavy (non-hydrogen) atoms. The first kappa shape index (κ1) is 33.2. The van der Waals surface area contributed by atoms with Crippen molar-refractivity contribution in [1.29, 1.82) is 0 Å². The van der Waals surface area contributed by atoms with Crippen molar-refractivity contribution in [3.63, 3.8) is 0 Å². The molecular formula is C37H64O2Si2. The van der Waals surface area contributed by atoms with Gasteiger partial charge in [0.2, 0.25) is 0 Å². The SMILES string of the molecule is CC(C)[C@@H](C)/C=C/[C@@H](C)[C@H]1CC[C@H]2/C(=C/C=C3\C[C@@H](O[Si](C)(C)C(C)(C)C)C[C@@H]4O[Si](C)(C)CC=C34)CCC[C@]12C. The standard InChI is InChI=1S/C37H64O2Si2/c1-26(2)27(3)15-16-28(4)33-19-20-34-29(14-13-22-37(33,34)8)17-18-30-24-31(38-41(11,12)36(5,6)7)25-35-32(30)21-23-40(9,10)39-35/h15-18,21,26-28,31,33-35H,13-14,19-20,22-25H2,1-12H3/b16-15+,29-17+,30-18+/t27-,28+,31+,33+,34-,35-,37+/m0/s1. The highest BCUT2D eigenvalue weighted by molar-refractivity contribution is 6.74. The van der Waals surface area contributed by atoms with Crippen molar-refractivity contribution in [1.82, 2.24) is 0 Å². The van der Waals surface area contributed by atoms with Crippen LogP contribution in [-0.4, -0.2) is 28.8 Å². The van der Waals surface area contributed by atoms with Gasteiger partial charge in [0.25, 0.3) is 0 Å². The van der Waals surface area contributed by atoms with E-state index in [-0.39, 0.29) is 17.2 Å². The summed E-state index contributed by atoms with van der Waals surface area (Å²) in [6, 6.07) is 1.13. The van der Waals surface area contributed by atoms with Crippen LogP contribution < -0.4 is 0 Å². The maximum atomic E-state index is 7.04. The van der Waals surface area contributed by atoms with Crippen molar-refractivity contribution in [3.8, 4) is 0 Å². The Balaban J connectivity index is 1.58. The van der Waals surface area contributed by atoms with E-state index < -0.39 is 16.6 Å². The lowest BCUT2D eigenvalue weighted by Gasteiger charge is -2.45. The van der Waals surface area contributed by atoms with Gasteiger partial charge in [-0.1, -0.05) is 91.3 Å². The zero-order valence-corrected chi connectivity index (χ0v) is 30.9. The highest BCUT2D eigenvalue weighted by atomic mass is 28.4. The average molecular weight is 597 g/mol. The Morgan fingerprint density at radius 1 is 1.07 bits per heavy atom. The molecule has 7 atom stereocenters. The zero-order valence-electron chi connectivity index (χ0n) is 28.9.